The van der Waals surface area contributed by atoms with E-state index in [0.717, 1.165) is 0 Å². The van der Waals surface area contributed by atoms with Gasteiger partial charge in [0.15, 0.2) is 0 Å². The van der Waals surface area contributed by atoms with Crippen molar-refractivity contribution in [1.29, 1.82) is 0 Å². The quantitative estimate of drug-likeness (QED) is 0.646. The summed E-state index contributed by atoms with van der Waals surface area (Å²) in [5.41, 5.74) is 0.563. The predicted octanol–water partition coefficient (Wildman–Crippen LogP) is 1.74. The smallest absolute Gasteiger partial charge is 0.255 e. The first kappa shape index (κ1) is 21.4. The van der Waals surface area contributed by atoms with Crippen LogP contribution in [0.4, 0.5) is 5.69 Å². The van der Waals surface area contributed by atoms with Crippen LogP contribution in [0.15, 0.2) is 53.4 Å². The van der Waals surface area contributed by atoms with E-state index in [2.05, 4.69) is 10.6 Å². The molecule has 2 aromatic carbocycles. The Morgan fingerprint density at radius 3 is 2.36 bits per heavy atom. The number of nitrogens with one attached hydrogen (secondary N) is 2. The van der Waals surface area contributed by atoms with Crippen LogP contribution >= 0.6 is 0 Å². The molecule has 28 heavy (non-hydrogen) atoms. The third-order valence-corrected chi connectivity index (χ3v) is 4.93. The average molecular weight is 405 g/mol. The molecule has 2 aromatic rings. The van der Waals surface area contributed by atoms with Gasteiger partial charge < -0.3 is 15.4 Å². The molecule has 150 valence electrons. The lowest BCUT2D eigenvalue weighted by atomic mass is 10.0. The summed E-state index contributed by atoms with van der Waals surface area (Å²) in [5, 5.41) is 10.4. The summed E-state index contributed by atoms with van der Waals surface area (Å²) in [6.45, 7) is 3.57. The summed E-state index contributed by atoms with van der Waals surface area (Å²) in [7, 11) is -2.44. The zero-order chi connectivity index (χ0) is 20.9. The standard InChI is InChI=1S/C19H23N3O5S/c1-12(2)17(22-18(23)15-9-4-5-10-16(15)27-3)19(24)21-13-7-6-8-14(11-13)28(20,25)26/h4-12,17H,1-3H3,(H,21,24)(H,22,23)(H2,20,25,26)/t17-/m0/s1. The van der Waals surface area contributed by atoms with E-state index in [9.17, 15) is 18.0 Å². The highest BCUT2D eigenvalue weighted by molar-refractivity contribution is 7.89. The minimum absolute atomic E-state index is 0.121. The molecule has 8 nitrogen and oxygen atoms in total. The highest BCUT2D eigenvalue weighted by Crippen LogP contribution is 2.19. The molecule has 0 aromatic heterocycles. The SMILES string of the molecule is COc1ccccc1C(=O)N[C@H](C(=O)Nc1cccc(S(N)(=O)=O)c1)C(C)C. The molecule has 0 aliphatic carbocycles. The number of primary sulfonamides is 1. The maximum Gasteiger partial charge on any atom is 0.255 e. The van der Waals surface area contributed by atoms with E-state index in [0.29, 0.717) is 11.3 Å². The molecule has 2 rings (SSSR count). The second-order valence-electron chi connectivity index (χ2n) is 6.46. The minimum atomic E-state index is -3.90. The maximum absolute atomic E-state index is 12.7. The fourth-order valence-electron chi connectivity index (χ4n) is 2.56. The molecule has 0 unspecified atom stereocenters. The highest BCUT2D eigenvalue weighted by atomic mass is 32.2. The maximum atomic E-state index is 12.7. The molecule has 0 aliphatic heterocycles. The lowest BCUT2D eigenvalue weighted by Gasteiger charge is -2.22. The van der Waals surface area contributed by atoms with E-state index in [4.69, 9.17) is 9.88 Å². The first-order valence-electron chi connectivity index (χ1n) is 8.51. The number of nitrogens with two attached hydrogens (primary N) is 1. The first-order valence-corrected chi connectivity index (χ1v) is 10.1. The summed E-state index contributed by atoms with van der Waals surface area (Å²) >= 11 is 0. The number of carbonyl (C=O) groups excluding carboxylic acids is 2. The van der Waals surface area contributed by atoms with Crippen molar-refractivity contribution in [2.75, 3.05) is 12.4 Å². The van der Waals surface area contributed by atoms with Crippen molar-refractivity contribution in [2.24, 2.45) is 11.1 Å². The molecule has 0 heterocycles. The molecule has 2 amide bonds. The van der Waals surface area contributed by atoms with Crippen LogP contribution in [0.3, 0.4) is 0 Å². The first-order chi connectivity index (χ1) is 13.1. The molecule has 0 saturated carbocycles. The third-order valence-electron chi connectivity index (χ3n) is 4.02. The second-order valence-corrected chi connectivity index (χ2v) is 8.02. The van der Waals surface area contributed by atoms with Gasteiger partial charge in [-0.1, -0.05) is 32.0 Å². The fraction of sp³-hybridized carbons (Fsp3) is 0.263. The van der Waals surface area contributed by atoms with Crippen molar-refractivity contribution in [3.8, 4) is 5.75 Å². The van der Waals surface area contributed by atoms with Crippen LogP contribution in [-0.2, 0) is 14.8 Å². The van der Waals surface area contributed by atoms with Gasteiger partial charge in [0.1, 0.15) is 11.8 Å². The molecule has 0 radical (unpaired) electrons. The Balaban J connectivity index is 2.20. The van der Waals surface area contributed by atoms with Gasteiger partial charge in [0, 0.05) is 5.69 Å². The van der Waals surface area contributed by atoms with Gasteiger partial charge in [-0.25, -0.2) is 13.6 Å². The fourth-order valence-corrected chi connectivity index (χ4v) is 3.12. The van der Waals surface area contributed by atoms with Gasteiger partial charge in [0.25, 0.3) is 5.91 Å². The number of hydrogen-bond acceptors (Lipinski definition) is 5. The van der Waals surface area contributed by atoms with Gasteiger partial charge in [0.2, 0.25) is 15.9 Å². The molecular formula is C19H23N3O5S. The van der Waals surface area contributed by atoms with Crippen LogP contribution in [0.1, 0.15) is 24.2 Å². The van der Waals surface area contributed by atoms with E-state index < -0.39 is 27.9 Å². The highest BCUT2D eigenvalue weighted by Gasteiger charge is 2.26. The lowest BCUT2D eigenvalue weighted by molar-refractivity contribution is -0.118. The number of anilines is 1. The van der Waals surface area contributed by atoms with Crippen molar-refractivity contribution >= 4 is 27.5 Å². The summed E-state index contributed by atoms with van der Waals surface area (Å²) in [5.74, 6) is -0.766. The molecule has 0 spiro atoms. The number of amides is 2. The minimum Gasteiger partial charge on any atom is -0.496 e. The van der Waals surface area contributed by atoms with Gasteiger partial charge >= 0.3 is 0 Å². The molecule has 0 aliphatic rings. The molecule has 0 fully saturated rings. The van der Waals surface area contributed by atoms with E-state index in [1.54, 1.807) is 38.1 Å². The van der Waals surface area contributed by atoms with E-state index in [1.165, 1.54) is 31.4 Å². The molecule has 9 heteroatoms. The zero-order valence-electron chi connectivity index (χ0n) is 15.8. The largest absolute Gasteiger partial charge is 0.496 e. The number of hydrogen-bond donors (Lipinski definition) is 3. The van der Waals surface area contributed by atoms with E-state index in [-0.39, 0.29) is 16.5 Å². The third kappa shape index (κ3) is 5.30. The Labute approximate surface area is 164 Å². The summed E-state index contributed by atoms with van der Waals surface area (Å²) in [4.78, 5) is 25.2. The van der Waals surface area contributed by atoms with Crippen molar-refractivity contribution in [2.45, 2.75) is 24.8 Å². The van der Waals surface area contributed by atoms with E-state index in [1.807, 2.05) is 0 Å². The van der Waals surface area contributed by atoms with Gasteiger partial charge in [-0.2, -0.15) is 0 Å². The molecule has 0 saturated heterocycles. The molecular weight excluding hydrogens is 382 g/mol. The average Bonchev–Trinajstić information content (AvgIpc) is 2.65. The summed E-state index contributed by atoms with van der Waals surface area (Å²) in [6.07, 6.45) is 0. The van der Waals surface area contributed by atoms with Crippen molar-refractivity contribution in [3.63, 3.8) is 0 Å². The van der Waals surface area contributed by atoms with Crippen LogP contribution in [0.5, 0.6) is 5.75 Å². The topological polar surface area (TPSA) is 128 Å². The van der Waals surface area contributed by atoms with Crippen molar-refractivity contribution < 1.29 is 22.7 Å². The van der Waals surface area contributed by atoms with Crippen LogP contribution in [0.25, 0.3) is 0 Å². The number of sulfonamides is 1. The van der Waals surface area contributed by atoms with Crippen LogP contribution in [0, 0.1) is 5.92 Å². The number of carbonyl (C=O) groups is 2. The van der Waals surface area contributed by atoms with Crippen LogP contribution in [0.2, 0.25) is 0 Å². The number of methoxy groups -OCH3 is 1. The Kier molecular flexibility index (Phi) is 6.76. The normalized spacial score (nSPS) is 12.3. The Morgan fingerprint density at radius 2 is 1.75 bits per heavy atom. The Bertz CT molecular complexity index is 973. The summed E-state index contributed by atoms with van der Waals surface area (Å²) in [6, 6.07) is 11.4. The van der Waals surface area contributed by atoms with Gasteiger partial charge in [-0.3, -0.25) is 9.59 Å². The predicted molar refractivity (Wildman–Crippen MR) is 106 cm³/mol. The second kappa shape index (κ2) is 8.85. The molecule has 1 atom stereocenters. The summed E-state index contributed by atoms with van der Waals surface area (Å²) < 4.78 is 28.1. The van der Waals surface area contributed by atoms with Gasteiger partial charge in [-0.15, -0.1) is 0 Å². The number of para-hydroxylation sites is 1. The molecule has 0 bridgehead atoms. The zero-order valence-corrected chi connectivity index (χ0v) is 16.6. The van der Waals surface area contributed by atoms with Crippen molar-refractivity contribution in [1.82, 2.24) is 5.32 Å². The Morgan fingerprint density at radius 1 is 1.07 bits per heavy atom. The van der Waals surface area contributed by atoms with Crippen LogP contribution < -0.4 is 20.5 Å². The van der Waals surface area contributed by atoms with Crippen LogP contribution in [-0.4, -0.2) is 33.4 Å². The lowest BCUT2D eigenvalue weighted by Crippen LogP contribution is -2.47. The van der Waals surface area contributed by atoms with E-state index >= 15 is 0 Å². The number of ether oxygens (including phenoxy) is 1. The van der Waals surface area contributed by atoms with Gasteiger partial charge in [-0.05, 0) is 36.2 Å². The molecule has 4 N–H and O–H groups in total. The number of benzene rings is 2. The Hall–Kier alpha value is -2.91. The number of rotatable bonds is 7. The van der Waals surface area contributed by atoms with Crippen molar-refractivity contribution in [3.05, 3.63) is 54.1 Å². The van der Waals surface area contributed by atoms with Gasteiger partial charge in [0.05, 0.1) is 17.6 Å². The monoisotopic (exact) mass is 405 g/mol.